The molecule has 0 N–H and O–H groups in total. The third kappa shape index (κ3) is 2.56. The molecule has 5 heteroatoms. The molecule has 0 radical (unpaired) electrons. The lowest BCUT2D eigenvalue weighted by molar-refractivity contribution is 0.0514. The molecule has 1 aliphatic carbocycles. The van der Waals surface area contributed by atoms with Crippen LogP contribution < -0.4 is 0 Å². The van der Waals surface area contributed by atoms with Crippen LogP contribution in [0.4, 0.5) is 0 Å². The van der Waals surface area contributed by atoms with E-state index < -0.39 is 0 Å². The van der Waals surface area contributed by atoms with Crippen LogP contribution in [0.2, 0.25) is 5.02 Å². The number of aromatic nitrogens is 2. The van der Waals surface area contributed by atoms with Crippen LogP contribution in [0, 0.1) is 6.92 Å². The molecular formula is C16H17ClN2O2. The normalized spacial score (nSPS) is 14.2. The number of hydrogen-bond donors (Lipinski definition) is 0. The molecule has 2 aromatic rings. The largest absolute Gasteiger partial charge is 0.461 e. The van der Waals surface area contributed by atoms with E-state index in [0.717, 1.165) is 29.7 Å². The third-order valence-electron chi connectivity index (χ3n) is 3.68. The molecule has 0 spiro atoms. The Labute approximate surface area is 128 Å². The summed E-state index contributed by atoms with van der Waals surface area (Å²) in [5, 5.41) is 4.98. The summed E-state index contributed by atoms with van der Waals surface area (Å²) in [5.41, 5.74) is 3.19. The first-order valence-electron chi connectivity index (χ1n) is 7.14. The Kier molecular flexibility index (Phi) is 3.72. The number of esters is 1. The Bertz CT molecular complexity index is 669. The lowest BCUT2D eigenvalue weighted by Crippen LogP contribution is -2.14. The van der Waals surface area contributed by atoms with Crippen molar-refractivity contribution in [2.45, 2.75) is 32.6 Å². The van der Waals surface area contributed by atoms with Crippen molar-refractivity contribution in [3.8, 4) is 5.69 Å². The van der Waals surface area contributed by atoms with E-state index in [1.165, 1.54) is 0 Å². The van der Waals surface area contributed by atoms with Gasteiger partial charge < -0.3 is 4.74 Å². The fourth-order valence-electron chi connectivity index (χ4n) is 2.52. The van der Waals surface area contributed by atoms with Crippen LogP contribution in [0.15, 0.2) is 24.4 Å². The van der Waals surface area contributed by atoms with Gasteiger partial charge in [-0.1, -0.05) is 23.7 Å². The summed E-state index contributed by atoms with van der Waals surface area (Å²) in [6.07, 6.45) is 3.96. The number of nitrogens with zero attached hydrogens (tertiary/aromatic N) is 2. The fourth-order valence-corrected chi connectivity index (χ4v) is 2.82. The molecule has 1 aromatic carbocycles. The first-order chi connectivity index (χ1) is 10.1. The quantitative estimate of drug-likeness (QED) is 0.805. The van der Waals surface area contributed by atoms with E-state index in [4.69, 9.17) is 16.3 Å². The zero-order chi connectivity index (χ0) is 15.0. The van der Waals surface area contributed by atoms with Gasteiger partial charge in [0.15, 0.2) is 5.69 Å². The number of halogens is 1. The summed E-state index contributed by atoms with van der Waals surface area (Å²) in [4.78, 5) is 12.3. The number of carbonyl (C=O) groups excluding carboxylic acids is 1. The highest BCUT2D eigenvalue weighted by Crippen LogP contribution is 2.42. The summed E-state index contributed by atoms with van der Waals surface area (Å²) in [7, 11) is 0. The highest BCUT2D eigenvalue weighted by atomic mass is 35.5. The average Bonchev–Trinajstić information content (AvgIpc) is 3.19. The van der Waals surface area contributed by atoms with Crippen LogP contribution in [-0.4, -0.2) is 22.4 Å². The smallest absolute Gasteiger partial charge is 0.357 e. The van der Waals surface area contributed by atoms with E-state index in [9.17, 15) is 4.79 Å². The highest BCUT2D eigenvalue weighted by Gasteiger charge is 2.33. The fraction of sp³-hybridized carbons (Fsp3) is 0.375. The Morgan fingerprint density at radius 1 is 1.48 bits per heavy atom. The first kappa shape index (κ1) is 14.1. The van der Waals surface area contributed by atoms with Gasteiger partial charge in [0.1, 0.15) is 0 Å². The molecule has 1 saturated carbocycles. The van der Waals surface area contributed by atoms with Crippen LogP contribution in [0.5, 0.6) is 0 Å². The maximum Gasteiger partial charge on any atom is 0.357 e. The molecule has 1 fully saturated rings. The van der Waals surface area contributed by atoms with Crippen molar-refractivity contribution in [1.82, 2.24) is 9.78 Å². The number of para-hydroxylation sites is 1. The summed E-state index contributed by atoms with van der Waals surface area (Å²) in [5.74, 6) is 0.0807. The van der Waals surface area contributed by atoms with Crippen LogP contribution >= 0.6 is 11.6 Å². The summed E-state index contributed by atoms with van der Waals surface area (Å²) < 4.78 is 6.83. The number of rotatable bonds is 4. The summed E-state index contributed by atoms with van der Waals surface area (Å²) >= 11 is 6.31. The van der Waals surface area contributed by atoms with Gasteiger partial charge in [0.2, 0.25) is 0 Å². The Hall–Kier alpha value is -1.81. The van der Waals surface area contributed by atoms with Gasteiger partial charge in [-0.25, -0.2) is 9.48 Å². The van der Waals surface area contributed by atoms with Crippen molar-refractivity contribution >= 4 is 17.6 Å². The number of hydrogen-bond acceptors (Lipinski definition) is 3. The van der Waals surface area contributed by atoms with Crippen molar-refractivity contribution in [3.05, 3.63) is 46.2 Å². The molecule has 1 aliphatic rings. The molecule has 110 valence electrons. The zero-order valence-corrected chi connectivity index (χ0v) is 12.9. The summed E-state index contributed by atoms with van der Waals surface area (Å²) in [6.45, 7) is 4.10. The lowest BCUT2D eigenvalue weighted by Gasteiger charge is -2.12. The molecule has 0 unspecified atom stereocenters. The number of benzene rings is 1. The number of carbonyl (C=O) groups is 1. The molecule has 1 heterocycles. The minimum Gasteiger partial charge on any atom is -0.461 e. The van der Waals surface area contributed by atoms with Crippen molar-refractivity contribution in [2.24, 2.45) is 0 Å². The topological polar surface area (TPSA) is 44.1 Å². The van der Waals surface area contributed by atoms with Gasteiger partial charge >= 0.3 is 5.97 Å². The van der Waals surface area contributed by atoms with E-state index in [2.05, 4.69) is 5.10 Å². The molecule has 21 heavy (non-hydrogen) atoms. The van der Waals surface area contributed by atoms with Gasteiger partial charge in [-0.15, -0.1) is 0 Å². The lowest BCUT2D eigenvalue weighted by atomic mass is 10.1. The average molecular weight is 305 g/mol. The standard InChI is InChI=1S/C16H17ClN2O2/c1-3-21-16(20)15-12(11-7-8-11)9-18-19(15)14-10(2)5-4-6-13(14)17/h4-6,9,11H,3,7-8H2,1-2H3. The molecule has 0 aliphatic heterocycles. The number of ether oxygens (including phenoxy) is 1. The Morgan fingerprint density at radius 3 is 2.86 bits per heavy atom. The molecule has 1 aromatic heterocycles. The molecule has 0 amide bonds. The molecule has 0 saturated heterocycles. The molecule has 0 atom stereocenters. The second kappa shape index (κ2) is 5.53. The maximum atomic E-state index is 12.3. The van der Waals surface area contributed by atoms with E-state index in [1.807, 2.05) is 19.1 Å². The van der Waals surface area contributed by atoms with Gasteiger partial charge in [0, 0.05) is 5.56 Å². The van der Waals surface area contributed by atoms with Gasteiger partial charge in [-0.3, -0.25) is 0 Å². The van der Waals surface area contributed by atoms with Crippen LogP contribution in [0.3, 0.4) is 0 Å². The molecule has 3 rings (SSSR count). The van der Waals surface area contributed by atoms with Crippen molar-refractivity contribution < 1.29 is 9.53 Å². The minimum atomic E-state index is -0.337. The van der Waals surface area contributed by atoms with Gasteiger partial charge in [0.05, 0.1) is 23.5 Å². The maximum absolute atomic E-state index is 12.3. The molecular weight excluding hydrogens is 288 g/mol. The second-order valence-electron chi connectivity index (χ2n) is 5.26. The van der Waals surface area contributed by atoms with Gasteiger partial charge in [0.25, 0.3) is 0 Å². The van der Waals surface area contributed by atoms with Crippen LogP contribution in [0.1, 0.15) is 47.3 Å². The third-order valence-corrected chi connectivity index (χ3v) is 3.99. The Morgan fingerprint density at radius 2 is 2.24 bits per heavy atom. The van der Waals surface area contributed by atoms with E-state index in [0.29, 0.717) is 23.2 Å². The van der Waals surface area contributed by atoms with Gasteiger partial charge in [-0.05, 0) is 44.2 Å². The van der Waals surface area contributed by atoms with Crippen molar-refractivity contribution in [3.63, 3.8) is 0 Å². The van der Waals surface area contributed by atoms with Crippen LogP contribution in [-0.2, 0) is 4.74 Å². The SMILES string of the molecule is CCOC(=O)c1c(C2CC2)cnn1-c1c(C)cccc1Cl. The first-order valence-corrected chi connectivity index (χ1v) is 7.51. The van der Waals surface area contributed by atoms with Gasteiger partial charge in [-0.2, -0.15) is 5.10 Å². The van der Waals surface area contributed by atoms with Crippen molar-refractivity contribution in [2.75, 3.05) is 6.61 Å². The van der Waals surface area contributed by atoms with Crippen molar-refractivity contribution in [1.29, 1.82) is 0 Å². The molecule has 4 nitrogen and oxygen atoms in total. The predicted octanol–water partition coefficient (Wildman–Crippen LogP) is 3.89. The molecule has 0 bridgehead atoms. The van der Waals surface area contributed by atoms with Crippen LogP contribution in [0.25, 0.3) is 5.69 Å². The van der Waals surface area contributed by atoms with E-state index in [-0.39, 0.29) is 5.97 Å². The zero-order valence-electron chi connectivity index (χ0n) is 12.1. The highest BCUT2D eigenvalue weighted by molar-refractivity contribution is 6.32. The van der Waals surface area contributed by atoms with E-state index >= 15 is 0 Å². The predicted molar refractivity (Wildman–Crippen MR) is 81.2 cm³/mol. The second-order valence-corrected chi connectivity index (χ2v) is 5.67. The summed E-state index contributed by atoms with van der Waals surface area (Å²) in [6, 6.07) is 5.64. The Balaban J connectivity index is 2.16. The monoisotopic (exact) mass is 304 g/mol. The van der Waals surface area contributed by atoms with E-state index in [1.54, 1.807) is 23.9 Å². The number of aryl methyl sites for hydroxylation is 1. The minimum absolute atomic E-state index is 0.337.